The first-order valence-corrected chi connectivity index (χ1v) is 13.2. The molecule has 33 heavy (non-hydrogen) atoms. The molecule has 2 heterocycles. The molecule has 0 unspecified atom stereocenters. The molecule has 2 aliphatic heterocycles. The first-order valence-electron chi connectivity index (χ1n) is 11.6. The summed E-state index contributed by atoms with van der Waals surface area (Å²) in [6.45, 7) is 5.66. The van der Waals surface area contributed by atoms with Crippen LogP contribution in [0.25, 0.3) is 0 Å². The Hall–Kier alpha value is -2.58. The maximum Gasteiger partial charge on any atom is 0.225 e. The van der Waals surface area contributed by atoms with Crippen LogP contribution in [0.4, 0.5) is 5.69 Å². The van der Waals surface area contributed by atoms with Gasteiger partial charge in [-0.1, -0.05) is 42.0 Å². The van der Waals surface area contributed by atoms with Gasteiger partial charge in [0.15, 0.2) is 0 Å². The summed E-state index contributed by atoms with van der Waals surface area (Å²) in [5.41, 5.74) is 2.96. The fraction of sp³-hybridized carbons (Fsp3) is 0.480. The minimum Gasteiger partial charge on any atom is -0.495 e. The van der Waals surface area contributed by atoms with Crippen molar-refractivity contribution in [2.75, 3.05) is 51.3 Å². The summed E-state index contributed by atoms with van der Waals surface area (Å²) in [6, 6.07) is 15.6. The third-order valence-electron chi connectivity index (χ3n) is 6.68. The number of ether oxygens (including phenoxy) is 1. The molecule has 0 aliphatic carbocycles. The number of para-hydroxylation sites is 2. The average Bonchev–Trinajstić information content (AvgIpc) is 2.85. The van der Waals surface area contributed by atoms with Gasteiger partial charge in [-0.3, -0.25) is 4.79 Å². The van der Waals surface area contributed by atoms with Crippen molar-refractivity contribution in [3.05, 3.63) is 59.7 Å². The van der Waals surface area contributed by atoms with Crippen LogP contribution in [0.1, 0.15) is 24.0 Å². The Balaban J connectivity index is 1.28. The van der Waals surface area contributed by atoms with Crippen LogP contribution in [-0.2, 0) is 20.6 Å². The van der Waals surface area contributed by atoms with Gasteiger partial charge >= 0.3 is 0 Å². The minimum absolute atomic E-state index is 0.0107. The highest BCUT2D eigenvalue weighted by Crippen LogP contribution is 2.29. The second-order valence-electron chi connectivity index (χ2n) is 8.90. The van der Waals surface area contributed by atoms with Crippen LogP contribution in [0.5, 0.6) is 5.75 Å². The standard InChI is InChI=1S/C25H33N3O4S/c1-20-7-9-21(10-8-20)19-33(30,31)28-13-11-22(12-14-28)25(29)27-17-15-26(16-18-27)23-5-3-4-6-24(23)32-2/h3-10,22H,11-19H2,1-2H3. The van der Waals surface area contributed by atoms with Crippen LogP contribution in [0.2, 0.25) is 0 Å². The molecular formula is C25H33N3O4S. The molecular weight excluding hydrogens is 438 g/mol. The van der Waals surface area contributed by atoms with Gasteiger partial charge in [0.2, 0.25) is 15.9 Å². The molecule has 0 atom stereocenters. The molecule has 8 heteroatoms. The topological polar surface area (TPSA) is 70.2 Å². The summed E-state index contributed by atoms with van der Waals surface area (Å²) >= 11 is 0. The zero-order valence-electron chi connectivity index (χ0n) is 19.4. The molecule has 0 N–H and O–H groups in total. The van der Waals surface area contributed by atoms with Crippen molar-refractivity contribution >= 4 is 21.6 Å². The number of benzene rings is 2. The predicted octanol–water partition coefficient (Wildman–Crippen LogP) is 2.89. The van der Waals surface area contributed by atoms with E-state index < -0.39 is 10.0 Å². The first kappa shape index (κ1) is 23.6. The maximum absolute atomic E-state index is 13.1. The van der Waals surface area contributed by atoms with E-state index in [0.29, 0.717) is 39.0 Å². The third-order valence-corrected chi connectivity index (χ3v) is 8.53. The van der Waals surface area contributed by atoms with E-state index in [1.54, 1.807) is 11.4 Å². The lowest BCUT2D eigenvalue weighted by molar-refractivity contribution is -0.137. The SMILES string of the molecule is COc1ccccc1N1CCN(C(=O)C2CCN(S(=O)(=O)Cc3ccc(C)cc3)CC2)CC1. The van der Waals surface area contributed by atoms with E-state index in [9.17, 15) is 13.2 Å². The van der Waals surface area contributed by atoms with Crippen LogP contribution in [0, 0.1) is 12.8 Å². The van der Waals surface area contributed by atoms with Crippen molar-refractivity contribution in [1.82, 2.24) is 9.21 Å². The molecule has 0 bridgehead atoms. The van der Waals surface area contributed by atoms with Crippen LogP contribution in [-0.4, -0.2) is 69.9 Å². The summed E-state index contributed by atoms with van der Waals surface area (Å²) in [7, 11) is -1.71. The smallest absolute Gasteiger partial charge is 0.225 e. The van der Waals surface area contributed by atoms with E-state index in [2.05, 4.69) is 4.90 Å². The number of carbonyl (C=O) groups excluding carboxylic acids is 1. The van der Waals surface area contributed by atoms with Crippen molar-refractivity contribution < 1.29 is 17.9 Å². The molecule has 1 amide bonds. The molecule has 0 spiro atoms. The number of aryl methyl sites for hydroxylation is 1. The van der Waals surface area contributed by atoms with Crippen molar-refractivity contribution in [3.8, 4) is 5.75 Å². The van der Waals surface area contributed by atoms with E-state index in [1.807, 2.05) is 60.4 Å². The third kappa shape index (κ3) is 5.50. The number of carbonyl (C=O) groups is 1. The zero-order chi connectivity index (χ0) is 23.4. The highest BCUT2D eigenvalue weighted by molar-refractivity contribution is 7.88. The molecule has 4 rings (SSSR count). The van der Waals surface area contributed by atoms with Crippen molar-refractivity contribution in [2.24, 2.45) is 5.92 Å². The molecule has 178 valence electrons. The van der Waals surface area contributed by atoms with Gasteiger partial charge in [0, 0.05) is 45.2 Å². The average molecular weight is 472 g/mol. The van der Waals surface area contributed by atoms with E-state index >= 15 is 0 Å². The number of rotatable bonds is 6. The zero-order valence-corrected chi connectivity index (χ0v) is 20.3. The summed E-state index contributed by atoms with van der Waals surface area (Å²) in [4.78, 5) is 17.3. The number of sulfonamides is 1. The van der Waals surface area contributed by atoms with Gasteiger partial charge in [0.05, 0.1) is 18.6 Å². The maximum atomic E-state index is 13.1. The van der Waals surface area contributed by atoms with Crippen LogP contribution in [0.3, 0.4) is 0 Å². The van der Waals surface area contributed by atoms with Crippen LogP contribution in [0.15, 0.2) is 48.5 Å². The highest BCUT2D eigenvalue weighted by atomic mass is 32.2. The Bertz CT molecular complexity index is 1060. The monoisotopic (exact) mass is 471 g/mol. The van der Waals surface area contributed by atoms with Crippen molar-refractivity contribution in [3.63, 3.8) is 0 Å². The quantitative estimate of drug-likeness (QED) is 0.648. The van der Waals surface area contributed by atoms with Crippen LogP contribution >= 0.6 is 0 Å². The number of amides is 1. The molecule has 2 aliphatic rings. The fourth-order valence-corrected chi connectivity index (χ4v) is 6.25. The van der Waals surface area contributed by atoms with Crippen molar-refractivity contribution in [2.45, 2.75) is 25.5 Å². The number of methoxy groups -OCH3 is 1. The highest BCUT2D eigenvalue weighted by Gasteiger charge is 2.34. The molecule has 0 aromatic heterocycles. The number of anilines is 1. The fourth-order valence-electron chi connectivity index (χ4n) is 4.68. The Kier molecular flexibility index (Phi) is 7.24. The number of hydrogen-bond donors (Lipinski definition) is 0. The van der Waals surface area contributed by atoms with E-state index in [4.69, 9.17) is 4.74 Å². The summed E-state index contributed by atoms with van der Waals surface area (Å²) in [6.07, 6.45) is 1.16. The summed E-state index contributed by atoms with van der Waals surface area (Å²) in [5.74, 6) is 0.909. The Morgan fingerprint density at radius 2 is 1.58 bits per heavy atom. The first-order chi connectivity index (χ1) is 15.9. The Labute approximate surface area is 197 Å². The van der Waals surface area contributed by atoms with E-state index in [-0.39, 0.29) is 17.6 Å². The summed E-state index contributed by atoms with van der Waals surface area (Å²) < 4.78 is 32.7. The number of nitrogens with zero attached hydrogens (tertiary/aromatic N) is 3. The molecule has 2 aromatic rings. The van der Waals surface area contributed by atoms with E-state index in [0.717, 1.165) is 35.7 Å². The van der Waals surface area contributed by atoms with Gasteiger partial charge in [-0.05, 0) is 37.5 Å². The van der Waals surface area contributed by atoms with Crippen LogP contribution < -0.4 is 9.64 Å². The van der Waals surface area contributed by atoms with Gasteiger partial charge in [-0.25, -0.2) is 12.7 Å². The second-order valence-corrected chi connectivity index (χ2v) is 10.9. The lowest BCUT2D eigenvalue weighted by atomic mass is 9.96. The minimum atomic E-state index is -3.38. The van der Waals surface area contributed by atoms with Gasteiger partial charge in [-0.15, -0.1) is 0 Å². The van der Waals surface area contributed by atoms with Crippen molar-refractivity contribution in [1.29, 1.82) is 0 Å². The van der Waals surface area contributed by atoms with Gasteiger partial charge in [0.25, 0.3) is 0 Å². The number of hydrogen-bond acceptors (Lipinski definition) is 5. The number of piperazine rings is 1. The lowest BCUT2D eigenvalue weighted by Crippen LogP contribution is -2.52. The molecule has 2 fully saturated rings. The molecule has 7 nitrogen and oxygen atoms in total. The largest absolute Gasteiger partial charge is 0.495 e. The molecule has 2 aromatic carbocycles. The normalized spacial score (nSPS) is 18.4. The van der Waals surface area contributed by atoms with Gasteiger partial charge in [-0.2, -0.15) is 0 Å². The lowest BCUT2D eigenvalue weighted by Gasteiger charge is -2.39. The Morgan fingerprint density at radius 1 is 0.939 bits per heavy atom. The number of piperidine rings is 1. The predicted molar refractivity (Wildman–Crippen MR) is 130 cm³/mol. The van der Waals surface area contributed by atoms with Gasteiger partial charge in [0.1, 0.15) is 5.75 Å². The molecule has 0 saturated carbocycles. The molecule has 0 radical (unpaired) electrons. The Morgan fingerprint density at radius 3 is 2.21 bits per heavy atom. The molecule has 2 saturated heterocycles. The van der Waals surface area contributed by atoms with Gasteiger partial charge < -0.3 is 14.5 Å². The van der Waals surface area contributed by atoms with E-state index in [1.165, 1.54) is 0 Å². The summed E-state index contributed by atoms with van der Waals surface area (Å²) in [5, 5.41) is 0. The second kappa shape index (κ2) is 10.1.